The number of nitrogens with one attached hydrogen (secondary N) is 1. The fraction of sp³-hybridized carbons (Fsp3) is 0.333. The number of hydrogen-bond acceptors (Lipinski definition) is 3. The van der Waals surface area contributed by atoms with Gasteiger partial charge in [0.1, 0.15) is 5.75 Å². The third-order valence-electron chi connectivity index (χ3n) is 4.06. The number of ether oxygens (including phenoxy) is 1. The maximum atomic E-state index is 5.27. The minimum absolute atomic E-state index is 0.539. The first kappa shape index (κ1) is 13.8. The summed E-state index contributed by atoms with van der Waals surface area (Å²) in [7, 11) is 1.71. The van der Waals surface area contributed by atoms with E-state index >= 15 is 0 Å². The average Bonchev–Trinajstić information content (AvgIpc) is 2.56. The van der Waals surface area contributed by atoms with E-state index in [1.54, 1.807) is 7.11 Å². The fourth-order valence-electron chi connectivity index (χ4n) is 2.87. The van der Waals surface area contributed by atoms with Gasteiger partial charge in [0.2, 0.25) is 0 Å². The van der Waals surface area contributed by atoms with E-state index in [0.717, 1.165) is 37.4 Å². The molecule has 0 saturated carbocycles. The van der Waals surface area contributed by atoms with Gasteiger partial charge in [-0.2, -0.15) is 0 Å². The molecule has 110 valence electrons. The molecule has 3 rings (SSSR count). The highest BCUT2D eigenvalue weighted by Crippen LogP contribution is 2.23. The van der Waals surface area contributed by atoms with Gasteiger partial charge in [0.15, 0.2) is 0 Å². The molecule has 1 heterocycles. The monoisotopic (exact) mass is 282 g/mol. The topological polar surface area (TPSA) is 24.5 Å². The van der Waals surface area contributed by atoms with Gasteiger partial charge in [-0.3, -0.25) is 0 Å². The maximum Gasteiger partial charge on any atom is 0.120 e. The number of anilines is 2. The summed E-state index contributed by atoms with van der Waals surface area (Å²) in [5, 5.41) is 3.62. The molecule has 0 spiro atoms. The third-order valence-corrected chi connectivity index (χ3v) is 4.06. The van der Waals surface area contributed by atoms with E-state index in [2.05, 4.69) is 52.7 Å². The Morgan fingerprint density at radius 1 is 1.00 bits per heavy atom. The van der Waals surface area contributed by atoms with E-state index in [0.29, 0.717) is 6.04 Å². The molecule has 1 aliphatic heterocycles. The summed E-state index contributed by atoms with van der Waals surface area (Å²) >= 11 is 0. The molecule has 2 aromatic rings. The van der Waals surface area contributed by atoms with E-state index < -0.39 is 0 Å². The summed E-state index contributed by atoms with van der Waals surface area (Å²) in [5.74, 6) is 0.904. The summed E-state index contributed by atoms with van der Waals surface area (Å²) in [5.41, 5.74) is 2.48. The molecule has 1 aliphatic rings. The number of piperidine rings is 1. The number of hydrogen-bond donors (Lipinski definition) is 1. The van der Waals surface area contributed by atoms with Crippen LogP contribution in [0, 0.1) is 0 Å². The number of nitrogens with zero attached hydrogens (tertiary/aromatic N) is 1. The predicted molar refractivity (Wildman–Crippen MR) is 88.3 cm³/mol. The molecule has 0 bridgehead atoms. The minimum Gasteiger partial charge on any atom is -0.497 e. The summed E-state index contributed by atoms with van der Waals surface area (Å²) in [4.78, 5) is 2.46. The highest BCUT2D eigenvalue weighted by molar-refractivity contribution is 5.50. The zero-order valence-corrected chi connectivity index (χ0v) is 12.5. The van der Waals surface area contributed by atoms with Gasteiger partial charge >= 0.3 is 0 Å². The Hall–Kier alpha value is -2.16. The molecule has 0 amide bonds. The largest absolute Gasteiger partial charge is 0.497 e. The van der Waals surface area contributed by atoms with Crippen LogP contribution in [0.2, 0.25) is 0 Å². The van der Waals surface area contributed by atoms with Gasteiger partial charge in [-0.25, -0.2) is 0 Å². The van der Waals surface area contributed by atoms with E-state index in [-0.39, 0.29) is 0 Å². The molecule has 0 aromatic heterocycles. The van der Waals surface area contributed by atoms with E-state index in [9.17, 15) is 0 Å². The second-order valence-corrected chi connectivity index (χ2v) is 5.47. The van der Waals surface area contributed by atoms with Crippen LogP contribution in [0.4, 0.5) is 11.4 Å². The molecule has 0 atom stereocenters. The molecule has 3 heteroatoms. The molecule has 0 aliphatic carbocycles. The Morgan fingerprint density at radius 2 is 1.76 bits per heavy atom. The molecule has 1 fully saturated rings. The van der Waals surface area contributed by atoms with E-state index in [4.69, 9.17) is 4.74 Å². The van der Waals surface area contributed by atoms with Crippen LogP contribution < -0.4 is 15.0 Å². The SMILES string of the molecule is COc1cccc(NC2CCN(c3ccccc3)CC2)c1. The first-order valence-electron chi connectivity index (χ1n) is 7.56. The van der Waals surface area contributed by atoms with Crippen LogP contribution in [0.1, 0.15) is 12.8 Å². The molecule has 21 heavy (non-hydrogen) atoms. The van der Waals surface area contributed by atoms with Crippen molar-refractivity contribution in [3.05, 3.63) is 54.6 Å². The Balaban J connectivity index is 1.56. The summed E-state index contributed by atoms with van der Waals surface area (Å²) in [6, 6.07) is 19.4. The normalized spacial score (nSPS) is 15.8. The van der Waals surface area contributed by atoms with Crippen LogP contribution in [-0.4, -0.2) is 26.2 Å². The van der Waals surface area contributed by atoms with Gasteiger partial charge < -0.3 is 15.0 Å². The number of methoxy groups -OCH3 is 1. The van der Waals surface area contributed by atoms with E-state index in [1.165, 1.54) is 5.69 Å². The molecular weight excluding hydrogens is 260 g/mol. The summed E-state index contributed by atoms with van der Waals surface area (Å²) in [6.07, 6.45) is 2.32. The first-order valence-corrected chi connectivity index (χ1v) is 7.56. The second kappa shape index (κ2) is 6.53. The van der Waals surface area contributed by atoms with Gasteiger partial charge in [-0.1, -0.05) is 24.3 Å². The van der Waals surface area contributed by atoms with Gasteiger partial charge in [0.25, 0.3) is 0 Å². The van der Waals surface area contributed by atoms with Crippen molar-refractivity contribution < 1.29 is 4.74 Å². The standard InChI is InChI=1S/C18H22N2O/c1-21-18-9-5-6-16(14-18)19-15-10-12-20(13-11-15)17-7-3-2-4-8-17/h2-9,14-15,19H,10-13H2,1H3. The van der Waals surface area contributed by atoms with Crippen molar-refractivity contribution in [2.24, 2.45) is 0 Å². The van der Waals surface area contributed by atoms with Crippen LogP contribution in [0.25, 0.3) is 0 Å². The molecule has 0 unspecified atom stereocenters. The molecule has 3 nitrogen and oxygen atoms in total. The molecule has 2 aromatic carbocycles. The van der Waals surface area contributed by atoms with Gasteiger partial charge in [-0.15, -0.1) is 0 Å². The molecular formula is C18H22N2O. The van der Waals surface area contributed by atoms with Crippen LogP contribution in [0.5, 0.6) is 5.75 Å². The van der Waals surface area contributed by atoms with Crippen LogP contribution >= 0.6 is 0 Å². The summed E-state index contributed by atoms with van der Waals surface area (Å²) in [6.45, 7) is 2.21. The van der Waals surface area contributed by atoms with Crippen molar-refractivity contribution in [2.45, 2.75) is 18.9 Å². The van der Waals surface area contributed by atoms with Crippen molar-refractivity contribution in [1.29, 1.82) is 0 Å². The van der Waals surface area contributed by atoms with Crippen molar-refractivity contribution in [3.8, 4) is 5.75 Å². The predicted octanol–water partition coefficient (Wildman–Crippen LogP) is 3.78. The van der Waals surface area contributed by atoms with Gasteiger partial charge in [-0.05, 0) is 37.1 Å². The van der Waals surface area contributed by atoms with Crippen LogP contribution in [0.15, 0.2) is 54.6 Å². The van der Waals surface area contributed by atoms with E-state index in [1.807, 2.05) is 12.1 Å². The maximum absolute atomic E-state index is 5.27. The molecule has 0 radical (unpaired) electrons. The first-order chi connectivity index (χ1) is 10.3. The Labute approximate surface area is 126 Å². The van der Waals surface area contributed by atoms with Gasteiger partial charge in [0, 0.05) is 36.6 Å². The minimum atomic E-state index is 0.539. The Kier molecular flexibility index (Phi) is 4.29. The van der Waals surface area contributed by atoms with Crippen molar-refractivity contribution in [2.75, 3.05) is 30.4 Å². The highest BCUT2D eigenvalue weighted by atomic mass is 16.5. The Morgan fingerprint density at radius 3 is 2.48 bits per heavy atom. The fourth-order valence-corrected chi connectivity index (χ4v) is 2.87. The average molecular weight is 282 g/mol. The van der Waals surface area contributed by atoms with Crippen LogP contribution in [0.3, 0.4) is 0 Å². The summed E-state index contributed by atoms with van der Waals surface area (Å²) < 4.78 is 5.27. The zero-order valence-electron chi connectivity index (χ0n) is 12.5. The van der Waals surface area contributed by atoms with Gasteiger partial charge in [0.05, 0.1) is 7.11 Å². The molecule has 1 N–H and O–H groups in total. The third kappa shape index (κ3) is 3.48. The zero-order chi connectivity index (χ0) is 14.5. The number of para-hydroxylation sites is 1. The number of benzene rings is 2. The quantitative estimate of drug-likeness (QED) is 0.923. The second-order valence-electron chi connectivity index (χ2n) is 5.47. The lowest BCUT2D eigenvalue weighted by atomic mass is 10.0. The molecule has 1 saturated heterocycles. The smallest absolute Gasteiger partial charge is 0.120 e. The highest BCUT2D eigenvalue weighted by Gasteiger charge is 2.19. The van der Waals surface area contributed by atoms with Crippen molar-refractivity contribution in [3.63, 3.8) is 0 Å². The van der Waals surface area contributed by atoms with Crippen molar-refractivity contribution in [1.82, 2.24) is 0 Å². The van der Waals surface area contributed by atoms with Crippen LogP contribution in [-0.2, 0) is 0 Å². The lowest BCUT2D eigenvalue weighted by Gasteiger charge is -2.34. The Bertz CT molecular complexity index is 562. The lowest BCUT2D eigenvalue weighted by molar-refractivity contribution is 0.415. The lowest BCUT2D eigenvalue weighted by Crippen LogP contribution is -2.39. The number of rotatable bonds is 4. The van der Waals surface area contributed by atoms with Crippen molar-refractivity contribution >= 4 is 11.4 Å².